The lowest BCUT2D eigenvalue weighted by Gasteiger charge is -2.30. The number of nitrogens with one attached hydrogen (secondary N) is 1. The predicted octanol–water partition coefficient (Wildman–Crippen LogP) is 3.29. The van der Waals surface area contributed by atoms with E-state index in [1.54, 1.807) is 10.9 Å². The molecule has 3 nitrogen and oxygen atoms in total. The van der Waals surface area contributed by atoms with E-state index in [1.165, 1.54) is 12.1 Å². The lowest BCUT2D eigenvalue weighted by atomic mass is 9.85. The van der Waals surface area contributed by atoms with Crippen LogP contribution in [0.2, 0.25) is 0 Å². The second kappa shape index (κ2) is 6.54. The van der Waals surface area contributed by atoms with Crippen molar-refractivity contribution in [3.05, 3.63) is 47.8 Å². The third kappa shape index (κ3) is 3.09. The highest BCUT2D eigenvalue weighted by atomic mass is 35.5. The number of hydrogen-bond donors (Lipinski definition) is 1. The number of halogens is 3. The summed E-state index contributed by atoms with van der Waals surface area (Å²) in [6, 6.07) is 5.52. The first kappa shape index (κ1) is 15.9. The fraction of sp³-hybridized carbons (Fsp3) is 0.400. The van der Waals surface area contributed by atoms with Crippen molar-refractivity contribution in [2.24, 2.45) is 5.92 Å². The lowest BCUT2D eigenvalue weighted by Crippen LogP contribution is -2.34. The number of nitrogens with zero attached hydrogens (tertiary/aromatic N) is 2. The highest BCUT2D eigenvalue weighted by molar-refractivity contribution is 5.85. The van der Waals surface area contributed by atoms with Crippen molar-refractivity contribution in [3.8, 4) is 5.69 Å². The largest absolute Gasteiger partial charge is 0.316 e. The molecular weight excluding hydrogens is 296 g/mol. The first-order chi connectivity index (χ1) is 9.66. The molecule has 114 valence electrons. The molecule has 2 heterocycles. The van der Waals surface area contributed by atoms with E-state index < -0.39 is 11.6 Å². The van der Waals surface area contributed by atoms with E-state index in [2.05, 4.69) is 17.3 Å². The molecule has 1 aromatic heterocycles. The monoisotopic (exact) mass is 313 g/mol. The van der Waals surface area contributed by atoms with Crippen LogP contribution in [0.1, 0.15) is 25.0 Å². The zero-order chi connectivity index (χ0) is 14.1. The summed E-state index contributed by atoms with van der Waals surface area (Å²) in [7, 11) is 0. The van der Waals surface area contributed by atoms with Crippen LogP contribution in [0.5, 0.6) is 0 Å². The van der Waals surface area contributed by atoms with Crippen molar-refractivity contribution >= 4 is 12.4 Å². The molecule has 0 radical (unpaired) electrons. The minimum absolute atomic E-state index is 0. The molecule has 2 atom stereocenters. The van der Waals surface area contributed by atoms with Gasteiger partial charge in [0.1, 0.15) is 11.5 Å². The van der Waals surface area contributed by atoms with E-state index in [1.807, 2.05) is 6.07 Å². The van der Waals surface area contributed by atoms with Crippen molar-refractivity contribution in [2.75, 3.05) is 13.1 Å². The van der Waals surface area contributed by atoms with Crippen LogP contribution in [0.3, 0.4) is 0 Å². The van der Waals surface area contributed by atoms with Gasteiger partial charge in [0.15, 0.2) is 5.82 Å². The van der Waals surface area contributed by atoms with Crippen molar-refractivity contribution in [3.63, 3.8) is 0 Å². The molecule has 3 rings (SSSR count). The standard InChI is InChI=1S/C15H17F2N3.ClH/c1-10-9-18-6-4-12(10)14-5-7-19-20(14)15-3-2-11(16)8-13(15)17;/h2-3,5,7-8,10,12,18H,4,6,9H2,1H3;1H/t10-,12+;/m0./s1. The number of benzene rings is 1. The molecule has 0 spiro atoms. The minimum Gasteiger partial charge on any atom is -0.316 e. The van der Waals surface area contributed by atoms with Gasteiger partial charge in [0, 0.05) is 23.9 Å². The quantitative estimate of drug-likeness (QED) is 0.922. The van der Waals surface area contributed by atoms with Gasteiger partial charge in [-0.05, 0) is 43.6 Å². The Bertz CT molecular complexity index is 615. The topological polar surface area (TPSA) is 29.9 Å². The van der Waals surface area contributed by atoms with Gasteiger partial charge in [-0.1, -0.05) is 6.92 Å². The van der Waals surface area contributed by atoms with Crippen molar-refractivity contribution in [2.45, 2.75) is 19.3 Å². The molecule has 1 aliphatic rings. The van der Waals surface area contributed by atoms with Gasteiger partial charge in [-0.3, -0.25) is 0 Å². The van der Waals surface area contributed by atoms with Gasteiger partial charge in [0.2, 0.25) is 0 Å². The maximum atomic E-state index is 13.9. The highest BCUT2D eigenvalue weighted by Gasteiger charge is 2.26. The second-order valence-electron chi connectivity index (χ2n) is 5.34. The average molecular weight is 314 g/mol. The Hall–Kier alpha value is -1.46. The van der Waals surface area contributed by atoms with Gasteiger partial charge in [-0.25, -0.2) is 13.5 Å². The van der Waals surface area contributed by atoms with Crippen molar-refractivity contribution in [1.29, 1.82) is 0 Å². The summed E-state index contributed by atoms with van der Waals surface area (Å²) < 4.78 is 28.6. The van der Waals surface area contributed by atoms with Gasteiger partial charge in [-0.15, -0.1) is 12.4 Å². The van der Waals surface area contributed by atoms with Gasteiger partial charge in [0.05, 0.1) is 0 Å². The first-order valence-electron chi connectivity index (χ1n) is 6.87. The summed E-state index contributed by atoms with van der Waals surface area (Å²) in [6.07, 6.45) is 2.67. The zero-order valence-electron chi connectivity index (χ0n) is 11.7. The first-order valence-corrected chi connectivity index (χ1v) is 6.87. The third-order valence-electron chi connectivity index (χ3n) is 3.98. The smallest absolute Gasteiger partial charge is 0.151 e. The molecule has 2 aromatic rings. The number of hydrogen-bond acceptors (Lipinski definition) is 2. The van der Waals surface area contributed by atoms with E-state index >= 15 is 0 Å². The zero-order valence-corrected chi connectivity index (χ0v) is 12.5. The number of piperidine rings is 1. The summed E-state index contributed by atoms with van der Waals surface area (Å²) >= 11 is 0. The normalized spacial score (nSPS) is 21.9. The van der Waals surface area contributed by atoms with Crippen LogP contribution in [0.15, 0.2) is 30.5 Å². The van der Waals surface area contributed by atoms with E-state index in [4.69, 9.17) is 0 Å². The molecule has 1 fully saturated rings. The summed E-state index contributed by atoms with van der Waals surface area (Å²) in [6.45, 7) is 4.07. The molecule has 0 amide bonds. The SMILES string of the molecule is C[C@H]1CNCC[C@H]1c1ccnn1-c1ccc(F)cc1F.Cl. The van der Waals surface area contributed by atoms with Gasteiger partial charge >= 0.3 is 0 Å². The Morgan fingerprint density at radius 1 is 1.29 bits per heavy atom. The molecule has 0 aliphatic carbocycles. The maximum absolute atomic E-state index is 13.9. The second-order valence-corrected chi connectivity index (χ2v) is 5.34. The Morgan fingerprint density at radius 3 is 2.81 bits per heavy atom. The number of aromatic nitrogens is 2. The summed E-state index contributed by atoms with van der Waals surface area (Å²) in [5, 5.41) is 7.57. The molecule has 0 bridgehead atoms. The van der Waals surface area contributed by atoms with Crippen LogP contribution < -0.4 is 5.32 Å². The van der Waals surface area contributed by atoms with Crippen LogP contribution in [0.4, 0.5) is 8.78 Å². The highest BCUT2D eigenvalue weighted by Crippen LogP contribution is 2.31. The fourth-order valence-electron chi connectivity index (χ4n) is 2.90. The van der Waals surface area contributed by atoms with E-state index in [0.29, 0.717) is 17.5 Å². The molecule has 0 unspecified atom stereocenters. The average Bonchev–Trinajstić information content (AvgIpc) is 2.88. The van der Waals surface area contributed by atoms with Crippen LogP contribution in [-0.2, 0) is 0 Å². The van der Waals surface area contributed by atoms with Crippen LogP contribution in [0, 0.1) is 17.6 Å². The van der Waals surface area contributed by atoms with Crippen LogP contribution in [-0.4, -0.2) is 22.9 Å². The van der Waals surface area contributed by atoms with Gasteiger partial charge < -0.3 is 5.32 Å². The molecule has 1 saturated heterocycles. The Kier molecular flexibility index (Phi) is 4.96. The molecule has 1 aromatic carbocycles. The third-order valence-corrected chi connectivity index (χ3v) is 3.98. The van der Waals surface area contributed by atoms with Gasteiger partial charge in [0.25, 0.3) is 0 Å². The molecule has 6 heteroatoms. The van der Waals surface area contributed by atoms with Crippen molar-refractivity contribution in [1.82, 2.24) is 15.1 Å². The van der Waals surface area contributed by atoms with E-state index in [-0.39, 0.29) is 12.4 Å². The van der Waals surface area contributed by atoms with Crippen molar-refractivity contribution < 1.29 is 8.78 Å². The summed E-state index contributed by atoms with van der Waals surface area (Å²) in [5.74, 6) is -0.363. The Labute approximate surface area is 128 Å². The molecule has 1 aliphatic heterocycles. The molecule has 0 saturated carbocycles. The molecular formula is C15H18ClF2N3. The van der Waals surface area contributed by atoms with Gasteiger partial charge in [-0.2, -0.15) is 5.10 Å². The maximum Gasteiger partial charge on any atom is 0.151 e. The van der Waals surface area contributed by atoms with E-state index in [9.17, 15) is 8.78 Å². The predicted molar refractivity (Wildman–Crippen MR) is 80.1 cm³/mol. The van der Waals surface area contributed by atoms with Crippen LogP contribution in [0.25, 0.3) is 5.69 Å². The van der Waals surface area contributed by atoms with E-state index in [0.717, 1.165) is 31.3 Å². The number of rotatable bonds is 2. The Morgan fingerprint density at radius 2 is 2.10 bits per heavy atom. The fourth-order valence-corrected chi connectivity index (χ4v) is 2.90. The lowest BCUT2D eigenvalue weighted by molar-refractivity contribution is 0.339. The van der Waals surface area contributed by atoms with Crippen LogP contribution >= 0.6 is 12.4 Å². The minimum atomic E-state index is -0.587. The summed E-state index contributed by atoms with van der Waals surface area (Å²) in [5.41, 5.74) is 1.29. The Balaban J connectivity index is 0.00000161. The molecule has 21 heavy (non-hydrogen) atoms. The molecule has 1 N–H and O–H groups in total. The summed E-state index contributed by atoms with van der Waals surface area (Å²) in [4.78, 5) is 0.